The van der Waals surface area contributed by atoms with Crippen molar-refractivity contribution >= 4 is 67.1 Å². The Labute approximate surface area is 354 Å². The molecule has 2 saturated heterocycles. The number of nitrogens with zero attached hydrogens (tertiary/aromatic N) is 6. The topological polar surface area (TPSA) is 200 Å². The number of amides is 4. The van der Waals surface area contributed by atoms with E-state index in [0.29, 0.717) is 24.7 Å². The Bertz CT molecular complexity index is 2380. The zero-order chi connectivity index (χ0) is 42.2. The van der Waals surface area contributed by atoms with E-state index in [9.17, 15) is 19.2 Å². The van der Waals surface area contributed by atoms with Gasteiger partial charge in [-0.2, -0.15) is 0 Å². The summed E-state index contributed by atoms with van der Waals surface area (Å²) < 4.78 is 11.6. The second-order valence-electron chi connectivity index (χ2n) is 15.8. The Morgan fingerprint density at radius 3 is 1.43 bits per heavy atom. The van der Waals surface area contributed by atoms with Crippen LogP contribution in [0.3, 0.4) is 0 Å². The van der Waals surface area contributed by atoms with Gasteiger partial charge in [0, 0.05) is 35.3 Å². The predicted molar refractivity (Wildman–Crippen MR) is 229 cm³/mol. The molecule has 60 heavy (non-hydrogen) atoms. The Morgan fingerprint density at radius 1 is 0.650 bits per heavy atom. The number of hydrogen-bond acceptors (Lipinski definition) is 12. The molecular weight excluding hydrogens is 805 g/mol. The number of rotatable bonds is 11. The maximum absolute atomic E-state index is 13.7. The molecule has 0 aliphatic carbocycles. The van der Waals surface area contributed by atoms with Crippen molar-refractivity contribution in [1.82, 2.24) is 50.3 Å². The summed E-state index contributed by atoms with van der Waals surface area (Å²) in [5.74, 6) is 0.826. The predicted octanol–water partition coefficient (Wildman–Crippen LogP) is 7.44. The van der Waals surface area contributed by atoms with Crippen LogP contribution in [0.2, 0.25) is 0 Å². The largest absolute Gasteiger partial charge is 0.453 e. The monoisotopic (exact) mass is 852 g/mol. The molecule has 4 amide bonds. The third-order valence-electron chi connectivity index (χ3n) is 11.5. The Hall–Kier alpha value is -5.88. The minimum atomic E-state index is -0.714. The second kappa shape index (κ2) is 17.0. The number of carbonyl (C=O) groups is 4. The third kappa shape index (κ3) is 7.57. The van der Waals surface area contributed by atoms with Crippen molar-refractivity contribution in [2.75, 3.05) is 27.3 Å². The first-order valence-corrected chi connectivity index (χ1v) is 21.9. The van der Waals surface area contributed by atoms with Gasteiger partial charge in [0.05, 0.1) is 81.5 Å². The molecule has 4 atom stereocenters. The normalized spacial score (nSPS) is 17.8. The molecule has 0 unspecified atom stereocenters. The van der Waals surface area contributed by atoms with E-state index in [2.05, 4.69) is 44.9 Å². The van der Waals surface area contributed by atoms with Crippen molar-refractivity contribution in [3.63, 3.8) is 0 Å². The SMILES string of the molecule is COC(=O)N[C@H](C(=O)N1CCC[C@H]1c1ncc(-c2ccc(-c3ccc(-c4cnc([C@@H]5CCCN5C(=O)[C@@H](NC(=O)OC)C(C)C)[nH]4)c4scnc34)c3ncsc23)[nH]1)C(C)C. The van der Waals surface area contributed by atoms with Gasteiger partial charge in [0.25, 0.3) is 0 Å². The number of imidazole rings is 2. The fraction of sp³-hybridized carbons (Fsp3) is 0.429. The van der Waals surface area contributed by atoms with Crippen LogP contribution in [0.25, 0.3) is 54.1 Å². The average Bonchev–Trinajstić information content (AvgIpc) is 4.10. The van der Waals surface area contributed by atoms with Crippen LogP contribution in [0.4, 0.5) is 9.59 Å². The number of hydrogen-bond donors (Lipinski definition) is 4. The smallest absolute Gasteiger partial charge is 0.407 e. The number of benzene rings is 2. The van der Waals surface area contributed by atoms with Crippen LogP contribution in [0.1, 0.15) is 77.1 Å². The van der Waals surface area contributed by atoms with Crippen LogP contribution in [-0.2, 0) is 19.1 Å². The fourth-order valence-corrected chi connectivity index (χ4v) is 10.1. The molecule has 4 aromatic heterocycles. The van der Waals surface area contributed by atoms with E-state index >= 15 is 0 Å². The molecule has 0 saturated carbocycles. The molecule has 0 spiro atoms. The fourth-order valence-electron chi connectivity index (χ4n) is 8.43. The molecule has 0 bridgehead atoms. The van der Waals surface area contributed by atoms with Crippen LogP contribution in [0.15, 0.2) is 47.7 Å². The molecule has 0 radical (unpaired) electrons. The number of methoxy groups -OCH3 is 2. The summed E-state index contributed by atoms with van der Waals surface area (Å²) in [6.45, 7) is 8.74. The molecule has 314 valence electrons. The minimum absolute atomic E-state index is 0.127. The molecule has 6 aromatic rings. The molecule has 4 N–H and O–H groups in total. The number of alkyl carbamates (subject to hydrolysis) is 2. The number of fused-ring (bicyclic) bond motifs is 2. The van der Waals surface area contributed by atoms with Crippen molar-refractivity contribution in [1.29, 1.82) is 0 Å². The molecule has 8 rings (SSSR count). The van der Waals surface area contributed by atoms with E-state index in [1.165, 1.54) is 14.2 Å². The van der Waals surface area contributed by atoms with E-state index in [-0.39, 0.29) is 35.7 Å². The van der Waals surface area contributed by atoms with Gasteiger partial charge < -0.3 is 39.9 Å². The Morgan fingerprint density at radius 2 is 1.05 bits per heavy atom. The van der Waals surface area contributed by atoms with E-state index in [1.807, 2.05) is 51.1 Å². The molecule has 16 nitrogen and oxygen atoms in total. The van der Waals surface area contributed by atoms with Crippen LogP contribution in [-0.4, -0.2) is 103 Å². The zero-order valence-electron chi connectivity index (χ0n) is 34.3. The average molecular weight is 853 g/mol. The summed E-state index contributed by atoms with van der Waals surface area (Å²) in [7, 11) is 2.58. The number of likely N-dealkylation sites (tertiary alicyclic amines) is 2. The van der Waals surface area contributed by atoms with Gasteiger partial charge in [-0.1, -0.05) is 52.0 Å². The quantitative estimate of drug-likeness (QED) is 0.102. The summed E-state index contributed by atoms with van der Waals surface area (Å²) >= 11 is 3.10. The second-order valence-corrected chi connectivity index (χ2v) is 17.5. The first-order valence-electron chi connectivity index (χ1n) is 20.1. The van der Waals surface area contributed by atoms with E-state index in [4.69, 9.17) is 29.4 Å². The zero-order valence-corrected chi connectivity index (χ0v) is 35.9. The molecule has 2 aromatic carbocycles. The lowest BCUT2D eigenvalue weighted by molar-refractivity contribution is -0.136. The number of carbonyl (C=O) groups excluding carboxylic acids is 4. The first-order chi connectivity index (χ1) is 29.0. The number of H-pyrrole nitrogens is 2. The number of nitrogens with one attached hydrogen (secondary N) is 4. The molecule has 2 fully saturated rings. The Kier molecular flexibility index (Phi) is 11.6. The van der Waals surface area contributed by atoms with Gasteiger partial charge >= 0.3 is 12.2 Å². The molecule has 6 heterocycles. The lowest BCUT2D eigenvalue weighted by atomic mass is 9.98. The molecule has 18 heteroatoms. The lowest BCUT2D eigenvalue weighted by Gasteiger charge is -2.30. The highest BCUT2D eigenvalue weighted by molar-refractivity contribution is 7.17. The standard InChI is InChI=1S/C42H48N10O6S2/c1-21(2)31(49-41(55)57-5)39(53)51-15-7-9-29(51)37-43-17-27(47-37)25-13-11-23(33-35(25)59-19-45-33)24-12-14-26(36-34(24)46-20-60-36)28-18-44-38(48-28)30-10-8-16-52(30)40(54)32(22(3)4)50-42(56)58-6/h11-14,17-22,29-32H,7-10,15-16H2,1-6H3,(H,43,47)(H,44,48)(H,49,55)(H,50,56)/t29-,30-,31-,32-/m0/s1. The van der Waals surface area contributed by atoms with Gasteiger partial charge in [-0.25, -0.2) is 29.5 Å². The van der Waals surface area contributed by atoms with Crippen molar-refractivity contribution in [3.05, 3.63) is 59.3 Å². The van der Waals surface area contributed by atoms with Crippen molar-refractivity contribution in [2.24, 2.45) is 11.8 Å². The highest BCUT2D eigenvalue weighted by atomic mass is 32.1. The Balaban J connectivity index is 1.05. The highest BCUT2D eigenvalue weighted by Crippen LogP contribution is 2.43. The summed E-state index contributed by atoms with van der Waals surface area (Å²) in [6, 6.07) is 6.36. The van der Waals surface area contributed by atoms with E-state index in [1.54, 1.807) is 32.5 Å². The number of aromatic nitrogens is 6. The number of aromatic amines is 2. The van der Waals surface area contributed by atoms with Gasteiger partial charge in [0.15, 0.2) is 0 Å². The highest BCUT2D eigenvalue weighted by Gasteiger charge is 2.39. The van der Waals surface area contributed by atoms with Gasteiger partial charge in [-0.05, 0) is 37.5 Å². The molecular formula is C42H48N10O6S2. The van der Waals surface area contributed by atoms with Gasteiger partial charge in [-0.15, -0.1) is 22.7 Å². The first kappa shape index (κ1) is 40.9. The van der Waals surface area contributed by atoms with E-state index < -0.39 is 24.3 Å². The van der Waals surface area contributed by atoms with Crippen LogP contribution in [0, 0.1) is 11.8 Å². The summed E-state index contributed by atoms with van der Waals surface area (Å²) in [4.78, 5) is 81.4. The van der Waals surface area contributed by atoms with E-state index in [0.717, 1.165) is 79.8 Å². The molecule has 2 aliphatic rings. The lowest BCUT2D eigenvalue weighted by Crippen LogP contribution is -2.51. The van der Waals surface area contributed by atoms with Gasteiger partial charge in [0.1, 0.15) is 23.7 Å². The third-order valence-corrected chi connectivity index (χ3v) is 13.2. The van der Waals surface area contributed by atoms with Crippen molar-refractivity contribution in [3.8, 4) is 33.6 Å². The number of thiazole rings is 2. The minimum Gasteiger partial charge on any atom is -0.453 e. The van der Waals surface area contributed by atoms with Gasteiger partial charge in [0.2, 0.25) is 11.8 Å². The van der Waals surface area contributed by atoms with Crippen LogP contribution < -0.4 is 10.6 Å². The summed E-state index contributed by atoms with van der Waals surface area (Å²) in [5, 5.41) is 5.42. The van der Waals surface area contributed by atoms with Gasteiger partial charge in [-0.3, -0.25) is 9.59 Å². The van der Waals surface area contributed by atoms with Crippen molar-refractivity contribution in [2.45, 2.75) is 77.5 Å². The van der Waals surface area contributed by atoms with Crippen LogP contribution >= 0.6 is 22.7 Å². The molecule has 2 aliphatic heterocycles. The van der Waals surface area contributed by atoms with Crippen LogP contribution in [0.5, 0.6) is 0 Å². The van der Waals surface area contributed by atoms with Crippen molar-refractivity contribution < 1.29 is 28.7 Å². The maximum Gasteiger partial charge on any atom is 0.407 e. The number of ether oxygens (including phenoxy) is 2. The summed E-state index contributed by atoms with van der Waals surface area (Å²) in [5.41, 5.74) is 10.8. The summed E-state index contributed by atoms with van der Waals surface area (Å²) in [6.07, 6.45) is 5.51. The maximum atomic E-state index is 13.7.